The number of carbonyl (C=O) groups excluding carboxylic acids is 1. The SMILES string of the molecule is NCC1CN(CCc2ccccc2)C(=O)O1. The van der Waals surface area contributed by atoms with Gasteiger partial charge in [-0.15, -0.1) is 0 Å². The molecule has 1 saturated heterocycles. The highest BCUT2D eigenvalue weighted by molar-refractivity contribution is 5.69. The number of cyclic esters (lactones) is 1. The molecule has 16 heavy (non-hydrogen) atoms. The van der Waals surface area contributed by atoms with E-state index in [1.165, 1.54) is 5.56 Å². The van der Waals surface area contributed by atoms with Crippen molar-refractivity contribution in [2.45, 2.75) is 12.5 Å². The van der Waals surface area contributed by atoms with E-state index in [0.717, 1.165) is 6.42 Å². The average Bonchev–Trinajstić information content (AvgIpc) is 2.69. The molecule has 1 aromatic rings. The maximum absolute atomic E-state index is 11.4. The summed E-state index contributed by atoms with van der Waals surface area (Å²) in [4.78, 5) is 13.1. The summed E-state index contributed by atoms with van der Waals surface area (Å²) >= 11 is 0. The van der Waals surface area contributed by atoms with Crippen LogP contribution in [0.1, 0.15) is 5.56 Å². The molecule has 86 valence electrons. The fourth-order valence-corrected chi connectivity index (χ4v) is 1.79. The molecule has 2 rings (SSSR count). The lowest BCUT2D eigenvalue weighted by atomic mass is 10.1. The van der Waals surface area contributed by atoms with E-state index in [2.05, 4.69) is 12.1 Å². The van der Waals surface area contributed by atoms with Gasteiger partial charge in [0.25, 0.3) is 0 Å². The van der Waals surface area contributed by atoms with Crippen LogP contribution in [0.25, 0.3) is 0 Å². The number of hydrogen-bond donors (Lipinski definition) is 1. The molecule has 1 aliphatic rings. The monoisotopic (exact) mass is 220 g/mol. The standard InChI is InChI=1S/C12H16N2O2/c13-8-11-9-14(12(15)16-11)7-6-10-4-2-1-3-5-10/h1-5,11H,6-9,13H2. The first-order valence-electron chi connectivity index (χ1n) is 5.49. The number of hydrogen-bond acceptors (Lipinski definition) is 3. The molecule has 1 fully saturated rings. The van der Waals surface area contributed by atoms with E-state index in [4.69, 9.17) is 10.5 Å². The van der Waals surface area contributed by atoms with Crippen LogP contribution in [0.5, 0.6) is 0 Å². The molecule has 4 nitrogen and oxygen atoms in total. The molecule has 0 saturated carbocycles. The second-order valence-electron chi connectivity index (χ2n) is 3.92. The van der Waals surface area contributed by atoms with E-state index in [9.17, 15) is 4.79 Å². The first kappa shape index (κ1) is 11.0. The van der Waals surface area contributed by atoms with Crippen LogP contribution in [-0.4, -0.2) is 36.7 Å². The van der Waals surface area contributed by atoms with Gasteiger partial charge in [0.15, 0.2) is 0 Å². The van der Waals surface area contributed by atoms with Gasteiger partial charge in [-0.25, -0.2) is 4.79 Å². The van der Waals surface area contributed by atoms with Crippen molar-refractivity contribution in [3.63, 3.8) is 0 Å². The van der Waals surface area contributed by atoms with Crippen LogP contribution in [0.2, 0.25) is 0 Å². The Balaban J connectivity index is 1.85. The van der Waals surface area contributed by atoms with Crippen LogP contribution in [0.3, 0.4) is 0 Å². The van der Waals surface area contributed by atoms with Gasteiger partial charge in [0, 0.05) is 13.1 Å². The summed E-state index contributed by atoms with van der Waals surface area (Å²) in [7, 11) is 0. The van der Waals surface area contributed by atoms with Crippen molar-refractivity contribution >= 4 is 6.09 Å². The number of amides is 1. The Morgan fingerprint density at radius 1 is 1.38 bits per heavy atom. The molecule has 1 atom stereocenters. The van der Waals surface area contributed by atoms with Crippen LogP contribution >= 0.6 is 0 Å². The molecular weight excluding hydrogens is 204 g/mol. The molecule has 0 aromatic heterocycles. The Labute approximate surface area is 95.0 Å². The zero-order chi connectivity index (χ0) is 11.4. The van der Waals surface area contributed by atoms with Crippen molar-refractivity contribution in [1.29, 1.82) is 0 Å². The molecule has 2 N–H and O–H groups in total. The van der Waals surface area contributed by atoms with Crippen LogP contribution in [0, 0.1) is 0 Å². The van der Waals surface area contributed by atoms with Gasteiger partial charge in [0.05, 0.1) is 6.54 Å². The van der Waals surface area contributed by atoms with Gasteiger partial charge in [-0.2, -0.15) is 0 Å². The van der Waals surface area contributed by atoms with Crippen molar-refractivity contribution in [3.05, 3.63) is 35.9 Å². The van der Waals surface area contributed by atoms with Crippen molar-refractivity contribution < 1.29 is 9.53 Å². The third-order valence-corrected chi connectivity index (χ3v) is 2.73. The number of ether oxygens (including phenoxy) is 1. The first-order chi connectivity index (χ1) is 7.79. The Kier molecular flexibility index (Phi) is 3.41. The predicted octanol–water partition coefficient (Wildman–Crippen LogP) is 1.01. The lowest BCUT2D eigenvalue weighted by Crippen LogP contribution is -2.29. The van der Waals surface area contributed by atoms with E-state index >= 15 is 0 Å². The molecule has 0 bridgehead atoms. The molecule has 1 aromatic carbocycles. The van der Waals surface area contributed by atoms with Gasteiger partial charge in [-0.1, -0.05) is 30.3 Å². The highest BCUT2D eigenvalue weighted by Gasteiger charge is 2.29. The van der Waals surface area contributed by atoms with Gasteiger partial charge in [-0.05, 0) is 12.0 Å². The molecule has 4 heteroatoms. The van der Waals surface area contributed by atoms with Crippen molar-refractivity contribution in [2.24, 2.45) is 5.73 Å². The number of rotatable bonds is 4. The van der Waals surface area contributed by atoms with Crippen molar-refractivity contribution in [2.75, 3.05) is 19.6 Å². The smallest absolute Gasteiger partial charge is 0.410 e. The van der Waals surface area contributed by atoms with Gasteiger partial charge >= 0.3 is 6.09 Å². The zero-order valence-corrected chi connectivity index (χ0v) is 9.13. The third-order valence-electron chi connectivity index (χ3n) is 2.73. The second kappa shape index (κ2) is 4.99. The highest BCUT2D eigenvalue weighted by atomic mass is 16.6. The van der Waals surface area contributed by atoms with Crippen LogP contribution in [-0.2, 0) is 11.2 Å². The molecule has 0 aliphatic carbocycles. The summed E-state index contributed by atoms with van der Waals surface area (Å²) in [5, 5.41) is 0. The maximum Gasteiger partial charge on any atom is 0.410 e. The van der Waals surface area contributed by atoms with E-state index in [0.29, 0.717) is 19.6 Å². The summed E-state index contributed by atoms with van der Waals surface area (Å²) in [5.41, 5.74) is 6.69. The predicted molar refractivity (Wildman–Crippen MR) is 61.0 cm³/mol. The highest BCUT2D eigenvalue weighted by Crippen LogP contribution is 2.11. The molecule has 1 aliphatic heterocycles. The number of benzene rings is 1. The van der Waals surface area contributed by atoms with E-state index in [1.807, 2.05) is 18.2 Å². The molecule has 0 radical (unpaired) electrons. The minimum absolute atomic E-state index is 0.136. The quantitative estimate of drug-likeness (QED) is 0.823. The maximum atomic E-state index is 11.4. The van der Waals surface area contributed by atoms with Gasteiger partial charge in [-0.3, -0.25) is 0 Å². The topological polar surface area (TPSA) is 55.6 Å². The first-order valence-corrected chi connectivity index (χ1v) is 5.49. The van der Waals surface area contributed by atoms with Gasteiger partial charge in [0.2, 0.25) is 0 Å². The summed E-state index contributed by atoms with van der Waals surface area (Å²) < 4.78 is 5.07. The van der Waals surface area contributed by atoms with Gasteiger partial charge in [0.1, 0.15) is 6.10 Å². The lowest BCUT2D eigenvalue weighted by Gasteiger charge is -2.12. The van der Waals surface area contributed by atoms with E-state index < -0.39 is 0 Å². The second-order valence-corrected chi connectivity index (χ2v) is 3.92. The zero-order valence-electron chi connectivity index (χ0n) is 9.13. The lowest BCUT2D eigenvalue weighted by molar-refractivity contribution is 0.135. The summed E-state index contributed by atoms with van der Waals surface area (Å²) in [5.74, 6) is 0. The number of nitrogens with zero attached hydrogens (tertiary/aromatic N) is 1. The summed E-state index contributed by atoms with van der Waals surface area (Å²) in [6, 6.07) is 10.1. The van der Waals surface area contributed by atoms with Crippen LogP contribution in [0.4, 0.5) is 4.79 Å². The van der Waals surface area contributed by atoms with Crippen molar-refractivity contribution in [1.82, 2.24) is 4.90 Å². The Bertz CT molecular complexity index is 353. The summed E-state index contributed by atoms with van der Waals surface area (Å²) in [6.45, 7) is 1.70. The largest absolute Gasteiger partial charge is 0.443 e. The third kappa shape index (κ3) is 2.52. The minimum atomic E-state index is -0.244. The number of carbonyl (C=O) groups is 1. The normalized spacial score (nSPS) is 19.9. The Morgan fingerprint density at radius 3 is 2.75 bits per heavy atom. The minimum Gasteiger partial charge on any atom is -0.443 e. The number of nitrogens with two attached hydrogens (primary N) is 1. The van der Waals surface area contributed by atoms with E-state index in [-0.39, 0.29) is 12.2 Å². The molecule has 1 heterocycles. The Morgan fingerprint density at radius 2 is 2.12 bits per heavy atom. The van der Waals surface area contributed by atoms with Crippen LogP contribution < -0.4 is 5.73 Å². The fourth-order valence-electron chi connectivity index (χ4n) is 1.79. The van der Waals surface area contributed by atoms with Gasteiger partial charge < -0.3 is 15.4 Å². The van der Waals surface area contributed by atoms with E-state index in [1.54, 1.807) is 4.90 Å². The molecule has 1 unspecified atom stereocenters. The molecule has 1 amide bonds. The van der Waals surface area contributed by atoms with Crippen molar-refractivity contribution in [3.8, 4) is 0 Å². The molecular formula is C12H16N2O2. The van der Waals surface area contributed by atoms with Crippen LogP contribution in [0.15, 0.2) is 30.3 Å². The fraction of sp³-hybridized carbons (Fsp3) is 0.417. The summed E-state index contributed by atoms with van der Waals surface area (Å²) in [6.07, 6.45) is 0.474. The Hall–Kier alpha value is -1.55. The average molecular weight is 220 g/mol. The molecule has 0 spiro atoms.